The number of hydrogen-bond donors (Lipinski definition) is 0. The summed E-state index contributed by atoms with van der Waals surface area (Å²) in [6.07, 6.45) is 1.53. The SMILES string of the molecule is C=CCn1nc(-c2ccc(OC)c(OC)c2)cc(C(=O)OCC)c1=O. The van der Waals surface area contributed by atoms with E-state index in [2.05, 4.69) is 11.7 Å². The topological polar surface area (TPSA) is 79.7 Å². The van der Waals surface area contributed by atoms with Crippen molar-refractivity contribution in [3.63, 3.8) is 0 Å². The second kappa shape index (κ2) is 8.14. The predicted octanol–water partition coefficient (Wildman–Crippen LogP) is 2.29. The number of carbonyl (C=O) groups is 1. The van der Waals surface area contributed by atoms with Gasteiger partial charge in [0.25, 0.3) is 5.56 Å². The number of rotatable bonds is 7. The van der Waals surface area contributed by atoms with E-state index in [-0.39, 0.29) is 18.7 Å². The van der Waals surface area contributed by atoms with E-state index in [9.17, 15) is 9.59 Å². The van der Waals surface area contributed by atoms with Crippen LogP contribution in [0.15, 0.2) is 41.7 Å². The molecule has 0 aliphatic carbocycles. The average Bonchev–Trinajstić information content (AvgIpc) is 2.63. The lowest BCUT2D eigenvalue weighted by Gasteiger charge is -2.11. The summed E-state index contributed by atoms with van der Waals surface area (Å²) in [5.74, 6) is 0.395. The smallest absolute Gasteiger partial charge is 0.343 e. The molecule has 7 nitrogen and oxygen atoms in total. The van der Waals surface area contributed by atoms with Crippen molar-refractivity contribution >= 4 is 5.97 Å². The Labute approximate surface area is 145 Å². The molecular weight excluding hydrogens is 324 g/mol. The number of hydrogen-bond acceptors (Lipinski definition) is 6. The third-order valence-corrected chi connectivity index (χ3v) is 3.45. The average molecular weight is 344 g/mol. The fourth-order valence-corrected chi connectivity index (χ4v) is 2.28. The van der Waals surface area contributed by atoms with E-state index in [1.165, 1.54) is 23.9 Å². The van der Waals surface area contributed by atoms with E-state index in [1.54, 1.807) is 32.2 Å². The summed E-state index contributed by atoms with van der Waals surface area (Å²) in [6, 6.07) is 6.63. The number of methoxy groups -OCH3 is 2. The Kier molecular flexibility index (Phi) is 5.94. The molecule has 0 aliphatic heterocycles. The van der Waals surface area contributed by atoms with Gasteiger partial charge in [0, 0.05) is 5.56 Å². The van der Waals surface area contributed by atoms with Crippen LogP contribution in [0.25, 0.3) is 11.3 Å². The molecule has 2 rings (SSSR count). The lowest BCUT2D eigenvalue weighted by molar-refractivity contribution is 0.0523. The summed E-state index contributed by atoms with van der Waals surface area (Å²) >= 11 is 0. The molecule has 7 heteroatoms. The van der Waals surface area contributed by atoms with E-state index in [4.69, 9.17) is 14.2 Å². The zero-order valence-corrected chi connectivity index (χ0v) is 14.4. The molecule has 1 aromatic heterocycles. The minimum Gasteiger partial charge on any atom is -0.493 e. The fraction of sp³-hybridized carbons (Fsp3) is 0.278. The number of ether oxygens (including phenoxy) is 3. The highest BCUT2D eigenvalue weighted by Crippen LogP contribution is 2.31. The number of nitrogens with zero attached hydrogens (tertiary/aromatic N) is 2. The Balaban J connectivity index is 2.62. The molecule has 0 amide bonds. The third kappa shape index (κ3) is 3.88. The van der Waals surface area contributed by atoms with Gasteiger partial charge in [0.15, 0.2) is 11.5 Å². The second-order valence-corrected chi connectivity index (χ2v) is 5.01. The largest absolute Gasteiger partial charge is 0.493 e. The van der Waals surface area contributed by atoms with Crippen LogP contribution in [0.3, 0.4) is 0 Å². The maximum absolute atomic E-state index is 12.4. The van der Waals surface area contributed by atoms with Gasteiger partial charge in [-0.15, -0.1) is 6.58 Å². The molecule has 132 valence electrons. The van der Waals surface area contributed by atoms with Crippen LogP contribution in [0.1, 0.15) is 17.3 Å². The first-order valence-electron chi connectivity index (χ1n) is 7.68. The van der Waals surface area contributed by atoms with Crippen LogP contribution >= 0.6 is 0 Å². The Bertz CT molecular complexity index is 842. The Hall–Kier alpha value is -3.09. The molecule has 0 unspecified atom stereocenters. The molecular formula is C18H20N2O5. The standard InChI is InChI=1S/C18H20N2O5/c1-5-9-20-17(21)13(18(22)25-6-2)11-14(19-20)12-7-8-15(23-3)16(10-12)24-4/h5,7-8,10-11H,1,6,9H2,2-4H3. The van der Waals surface area contributed by atoms with Gasteiger partial charge in [0.2, 0.25) is 0 Å². The second-order valence-electron chi connectivity index (χ2n) is 5.01. The van der Waals surface area contributed by atoms with Gasteiger partial charge in [0.05, 0.1) is 33.1 Å². The number of aromatic nitrogens is 2. The number of esters is 1. The zero-order valence-electron chi connectivity index (χ0n) is 14.4. The van der Waals surface area contributed by atoms with Crippen molar-refractivity contribution in [3.8, 4) is 22.8 Å². The summed E-state index contributed by atoms with van der Waals surface area (Å²) in [7, 11) is 3.07. The summed E-state index contributed by atoms with van der Waals surface area (Å²) in [5.41, 5.74) is 0.498. The van der Waals surface area contributed by atoms with Crippen LogP contribution in [0, 0.1) is 0 Å². The van der Waals surface area contributed by atoms with Crippen molar-refractivity contribution in [2.45, 2.75) is 13.5 Å². The van der Waals surface area contributed by atoms with Gasteiger partial charge < -0.3 is 14.2 Å². The van der Waals surface area contributed by atoms with Gasteiger partial charge >= 0.3 is 5.97 Å². The molecule has 0 bridgehead atoms. The van der Waals surface area contributed by atoms with Crippen molar-refractivity contribution in [2.24, 2.45) is 0 Å². The highest BCUT2D eigenvalue weighted by Gasteiger charge is 2.18. The molecule has 25 heavy (non-hydrogen) atoms. The van der Waals surface area contributed by atoms with E-state index < -0.39 is 11.5 Å². The first kappa shape index (κ1) is 18.3. The zero-order chi connectivity index (χ0) is 18.4. The normalized spacial score (nSPS) is 10.2. The molecule has 0 atom stereocenters. The molecule has 0 spiro atoms. The molecule has 2 aromatic rings. The Morgan fingerprint density at radius 1 is 1.24 bits per heavy atom. The number of carbonyl (C=O) groups excluding carboxylic acids is 1. The summed E-state index contributed by atoms with van der Waals surface area (Å²) < 4.78 is 16.6. The molecule has 0 saturated carbocycles. The number of benzene rings is 1. The first-order valence-corrected chi connectivity index (χ1v) is 7.68. The Morgan fingerprint density at radius 3 is 2.56 bits per heavy atom. The number of allylic oxidation sites excluding steroid dienone is 1. The lowest BCUT2D eigenvalue weighted by atomic mass is 10.1. The van der Waals surface area contributed by atoms with Crippen molar-refractivity contribution < 1.29 is 19.0 Å². The van der Waals surface area contributed by atoms with Crippen LogP contribution in [-0.2, 0) is 11.3 Å². The minimum absolute atomic E-state index is 0.0801. The van der Waals surface area contributed by atoms with Gasteiger partial charge in [-0.25, -0.2) is 9.48 Å². The van der Waals surface area contributed by atoms with Crippen molar-refractivity contribution in [3.05, 3.63) is 52.8 Å². The fourth-order valence-electron chi connectivity index (χ4n) is 2.28. The van der Waals surface area contributed by atoms with Gasteiger partial charge in [-0.05, 0) is 31.2 Å². The van der Waals surface area contributed by atoms with Crippen LogP contribution in [0.2, 0.25) is 0 Å². The monoisotopic (exact) mass is 344 g/mol. The molecule has 0 radical (unpaired) electrons. The van der Waals surface area contributed by atoms with Crippen molar-refractivity contribution in [2.75, 3.05) is 20.8 Å². The predicted molar refractivity (Wildman–Crippen MR) is 93.2 cm³/mol. The van der Waals surface area contributed by atoms with Crippen molar-refractivity contribution in [1.29, 1.82) is 0 Å². The minimum atomic E-state index is -0.686. The summed E-state index contributed by atoms with van der Waals surface area (Å²) in [5, 5.41) is 4.30. The Morgan fingerprint density at radius 2 is 1.96 bits per heavy atom. The van der Waals surface area contributed by atoms with Crippen molar-refractivity contribution in [1.82, 2.24) is 9.78 Å². The van der Waals surface area contributed by atoms with Gasteiger partial charge in [-0.3, -0.25) is 4.79 Å². The van der Waals surface area contributed by atoms with E-state index in [1.807, 2.05) is 0 Å². The quantitative estimate of drug-likeness (QED) is 0.566. The van der Waals surface area contributed by atoms with Gasteiger partial charge in [-0.1, -0.05) is 6.08 Å². The molecule has 0 aliphatic rings. The lowest BCUT2D eigenvalue weighted by Crippen LogP contribution is -2.29. The van der Waals surface area contributed by atoms with E-state index in [0.29, 0.717) is 22.8 Å². The molecule has 1 heterocycles. The highest BCUT2D eigenvalue weighted by molar-refractivity contribution is 5.90. The van der Waals surface area contributed by atoms with E-state index >= 15 is 0 Å². The maximum Gasteiger partial charge on any atom is 0.343 e. The van der Waals surface area contributed by atoms with Crippen LogP contribution < -0.4 is 15.0 Å². The molecule has 0 N–H and O–H groups in total. The van der Waals surface area contributed by atoms with Crippen LogP contribution in [0.4, 0.5) is 0 Å². The molecule has 1 aromatic carbocycles. The molecule has 0 saturated heterocycles. The third-order valence-electron chi connectivity index (χ3n) is 3.45. The maximum atomic E-state index is 12.4. The summed E-state index contributed by atoms with van der Waals surface area (Å²) in [6.45, 7) is 5.63. The van der Waals surface area contributed by atoms with Crippen LogP contribution in [-0.4, -0.2) is 36.6 Å². The first-order chi connectivity index (χ1) is 12.0. The van der Waals surface area contributed by atoms with Gasteiger partial charge in [-0.2, -0.15) is 5.10 Å². The van der Waals surface area contributed by atoms with Crippen LogP contribution in [0.5, 0.6) is 11.5 Å². The van der Waals surface area contributed by atoms with E-state index in [0.717, 1.165) is 0 Å². The molecule has 0 fully saturated rings. The van der Waals surface area contributed by atoms with Gasteiger partial charge in [0.1, 0.15) is 5.56 Å². The summed E-state index contributed by atoms with van der Waals surface area (Å²) in [4.78, 5) is 24.5. The highest BCUT2D eigenvalue weighted by atomic mass is 16.5.